The topological polar surface area (TPSA) is 92.7 Å². The summed E-state index contributed by atoms with van der Waals surface area (Å²) in [6.07, 6.45) is 2.05. The Hall–Kier alpha value is -2.03. The Morgan fingerprint density at radius 3 is 2.42 bits per heavy atom. The molecule has 2 rings (SSSR count). The summed E-state index contributed by atoms with van der Waals surface area (Å²) in [5.41, 5.74) is 0.962. The van der Waals surface area contributed by atoms with Gasteiger partial charge in [-0.3, -0.25) is 4.79 Å². The maximum absolute atomic E-state index is 12.4. The summed E-state index contributed by atoms with van der Waals surface area (Å²) in [6, 6.07) is 12.2. The van der Waals surface area contributed by atoms with Crippen molar-refractivity contribution in [3.05, 3.63) is 54.1 Å². The number of thioether (sulfide) groups is 1. The first-order valence-electron chi connectivity index (χ1n) is 7.91. The van der Waals surface area contributed by atoms with E-state index in [1.807, 2.05) is 37.4 Å². The van der Waals surface area contributed by atoms with Crippen molar-refractivity contribution in [3.63, 3.8) is 0 Å². The van der Waals surface area contributed by atoms with Crippen molar-refractivity contribution >= 4 is 27.8 Å². The number of rotatable bonds is 9. The zero-order valence-electron chi connectivity index (χ0n) is 14.5. The molecule has 0 aliphatic heterocycles. The van der Waals surface area contributed by atoms with Crippen molar-refractivity contribution < 1.29 is 23.1 Å². The Bertz CT molecular complexity index is 850. The second-order valence-electron chi connectivity index (χ2n) is 5.63. The fraction of sp³-hybridized carbons (Fsp3) is 0.278. The van der Waals surface area contributed by atoms with Crippen LogP contribution in [0, 0.1) is 6.92 Å². The number of aliphatic carboxylic acids is 1. The molecule has 26 heavy (non-hydrogen) atoms. The molecule has 0 aromatic heterocycles. The van der Waals surface area contributed by atoms with Crippen LogP contribution in [-0.4, -0.2) is 37.5 Å². The van der Waals surface area contributed by atoms with Crippen molar-refractivity contribution in [2.75, 3.05) is 12.0 Å². The second-order valence-corrected chi connectivity index (χ2v) is 8.33. The van der Waals surface area contributed by atoms with E-state index in [9.17, 15) is 18.3 Å². The van der Waals surface area contributed by atoms with E-state index in [0.717, 1.165) is 5.56 Å². The number of ether oxygens (including phenoxy) is 1. The largest absolute Gasteiger partial charge is 0.480 e. The molecule has 140 valence electrons. The van der Waals surface area contributed by atoms with Crippen LogP contribution in [0.2, 0.25) is 0 Å². The summed E-state index contributed by atoms with van der Waals surface area (Å²) in [5, 5.41) is 9.19. The quantitative estimate of drug-likeness (QED) is 0.677. The van der Waals surface area contributed by atoms with Crippen LogP contribution in [0.4, 0.5) is 0 Å². The van der Waals surface area contributed by atoms with Gasteiger partial charge >= 0.3 is 5.97 Å². The average Bonchev–Trinajstić information content (AvgIpc) is 2.61. The van der Waals surface area contributed by atoms with Crippen LogP contribution in [-0.2, 0) is 14.8 Å². The van der Waals surface area contributed by atoms with Gasteiger partial charge in [0.15, 0.2) is 0 Å². The second kappa shape index (κ2) is 9.07. The van der Waals surface area contributed by atoms with E-state index in [-0.39, 0.29) is 11.3 Å². The molecule has 8 heteroatoms. The molecule has 0 saturated heterocycles. The highest BCUT2D eigenvalue weighted by atomic mass is 32.2. The molecule has 0 spiro atoms. The van der Waals surface area contributed by atoms with E-state index in [1.54, 1.807) is 12.1 Å². The number of para-hydroxylation sites is 1. The van der Waals surface area contributed by atoms with E-state index in [1.165, 1.54) is 23.9 Å². The van der Waals surface area contributed by atoms with E-state index >= 15 is 0 Å². The van der Waals surface area contributed by atoms with Crippen molar-refractivity contribution in [2.45, 2.75) is 24.3 Å². The van der Waals surface area contributed by atoms with Gasteiger partial charge in [0.05, 0.1) is 4.90 Å². The van der Waals surface area contributed by atoms with Crippen LogP contribution in [0.5, 0.6) is 11.5 Å². The monoisotopic (exact) mass is 395 g/mol. The number of carboxylic acids is 1. The third-order valence-corrected chi connectivity index (χ3v) is 5.79. The Labute approximate surface area is 157 Å². The summed E-state index contributed by atoms with van der Waals surface area (Å²) < 4.78 is 32.8. The molecule has 0 aliphatic carbocycles. The van der Waals surface area contributed by atoms with Crippen molar-refractivity contribution in [1.29, 1.82) is 0 Å². The molecule has 0 fully saturated rings. The highest BCUT2D eigenvalue weighted by Crippen LogP contribution is 2.25. The van der Waals surface area contributed by atoms with E-state index in [4.69, 9.17) is 4.74 Å². The normalized spacial score (nSPS) is 12.5. The van der Waals surface area contributed by atoms with Gasteiger partial charge in [0, 0.05) is 0 Å². The standard InChI is InChI=1S/C18H21NO5S2/c1-13-5-3-4-6-17(13)24-14-7-9-15(10-8-14)26(22,23)19-16(18(20)21)11-12-25-2/h3-10,16,19H,11-12H2,1-2H3,(H,20,21)/t16-/m1/s1. The van der Waals surface area contributed by atoms with Gasteiger partial charge in [-0.05, 0) is 61.2 Å². The number of hydrogen-bond acceptors (Lipinski definition) is 5. The number of benzene rings is 2. The first-order chi connectivity index (χ1) is 12.3. The van der Waals surface area contributed by atoms with Crippen LogP contribution in [0.25, 0.3) is 0 Å². The summed E-state index contributed by atoms with van der Waals surface area (Å²) in [6.45, 7) is 1.92. The molecule has 0 aliphatic rings. The SMILES string of the molecule is CSCC[C@@H](NS(=O)(=O)c1ccc(Oc2ccccc2C)cc1)C(=O)O. The Kier molecular flexibility index (Phi) is 7.07. The van der Waals surface area contributed by atoms with Crippen molar-refractivity contribution in [3.8, 4) is 11.5 Å². The molecule has 2 aromatic carbocycles. The van der Waals surface area contributed by atoms with Crippen molar-refractivity contribution in [1.82, 2.24) is 4.72 Å². The van der Waals surface area contributed by atoms with Crippen LogP contribution < -0.4 is 9.46 Å². The molecule has 1 atom stereocenters. The zero-order chi connectivity index (χ0) is 19.2. The smallest absolute Gasteiger partial charge is 0.321 e. The molecule has 0 bridgehead atoms. The molecule has 2 aromatic rings. The predicted molar refractivity (Wildman–Crippen MR) is 102 cm³/mol. The summed E-state index contributed by atoms with van der Waals surface area (Å²) >= 11 is 1.46. The first-order valence-corrected chi connectivity index (χ1v) is 10.8. The van der Waals surface area contributed by atoms with Gasteiger partial charge in [0.2, 0.25) is 10.0 Å². The molecule has 6 nitrogen and oxygen atoms in total. The van der Waals surface area contributed by atoms with Gasteiger partial charge in [0.1, 0.15) is 17.5 Å². The number of sulfonamides is 1. The van der Waals surface area contributed by atoms with Crippen LogP contribution >= 0.6 is 11.8 Å². The summed E-state index contributed by atoms with van der Waals surface area (Å²) in [7, 11) is -3.93. The van der Waals surface area contributed by atoms with Gasteiger partial charge < -0.3 is 9.84 Å². The third-order valence-electron chi connectivity index (χ3n) is 3.66. The van der Waals surface area contributed by atoms with Crippen LogP contribution in [0.3, 0.4) is 0 Å². The minimum absolute atomic E-state index is 0.00923. The number of hydrogen-bond donors (Lipinski definition) is 2. The summed E-state index contributed by atoms with van der Waals surface area (Å²) in [4.78, 5) is 11.2. The van der Waals surface area contributed by atoms with Gasteiger partial charge in [0.25, 0.3) is 0 Å². The molecule has 0 unspecified atom stereocenters. The maximum atomic E-state index is 12.4. The lowest BCUT2D eigenvalue weighted by molar-refractivity contribution is -0.139. The molecular formula is C18H21NO5S2. The first kappa shape index (κ1) is 20.3. The minimum Gasteiger partial charge on any atom is -0.480 e. The number of nitrogens with one attached hydrogen (secondary N) is 1. The molecule has 0 amide bonds. The van der Waals surface area contributed by atoms with Crippen LogP contribution in [0.1, 0.15) is 12.0 Å². The Morgan fingerprint density at radius 2 is 1.85 bits per heavy atom. The van der Waals surface area contributed by atoms with Crippen LogP contribution in [0.15, 0.2) is 53.4 Å². The maximum Gasteiger partial charge on any atom is 0.321 e. The molecule has 0 radical (unpaired) electrons. The fourth-order valence-electron chi connectivity index (χ4n) is 2.21. The molecule has 0 saturated carbocycles. The van der Waals surface area contributed by atoms with Gasteiger partial charge in [-0.25, -0.2) is 8.42 Å². The number of aryl methyl sites for hydroxylation is 1. The lowest BCUT2D eigenvalue weighted by atomic mass is 10.2. The Balaban J connectivity index is 2.13. The zero-order valence-corrected chi connectivity index (χ0v) is 16.1. The molecule has 2 N–H and O–H groups in total. The van der Waals surface area contributed by atoms with Gasteiger partial charge in [-0.1, -0.05) is 18.2 Å². The Morgan fingerprint density at radius 1 is 1.19 bits per heavy atom. The lowest BCUT2D eigenvalue weighted by Crippen LogP contribution is -2.41. The summed E-state index contributed by atoms with van der Waals surface area (Å²) in [5.74, 6) is 0.532. The highest BCUT2D eigenvalue weighted by Gasteiger charge is 2.25. The average molecular weight is 396 g/mol. The highest BCUT2D eigenvalue weighted by molar-refractivity contribution is 7.98. The fourth-order valence-corrected chi connectivity index (χ4v) is 3.90. The van der Waals surface area contributed by atoms with Gasteiger partial charge in [-0.15, -0.1) is 0 Å². The number of carboxylic acid groups (broad SMARTS) is 1. The van der Waals surface area contributed by atoms with E-state index < -0.39 is 22.0 Å². The molecular weight excluding hydrogens is 374 g/mol. The van der Waals surface area contributed by atoms with Gasteiger partial charge in [-0.2, -0.15) is 16.5 Å². The van der Waals surface area contributed by atoms with E-state index in [2.05, 4.69) is 4.72 Å². The van der Waals surface area contributed by atoms with Crippen molar-refractivity contribution in [2.24, 2.45) is 0 Å². The predicted octanol–water partition coefficient (Wildman–Crippen LogP) is 3.27. The minimum atomic E-state index is -3.93. The lowest BCUT2D eigenvalue weighted by Gasteiger charge is -2.14. The number of carbonyl (C=O) groups is 1. The van der Waals surface area contributed by atoms with E-state index in [0.29, 0.717) is 17.3 Å². The third kappa shape index (κ3) is 5.48. The molecule has 0 heterocycles.